The summed E-state index contributed by atoms with van der Waals surface area (Å²) in [4.78, 5) is 4.37. The van der Waals surface area contributed by atoms with Crippen LogP contribution in [0.25, 0.3) is 11.0 Å². The molecule has 1 saturated carbocycles. The zero-order chi connectivity index (χ0) is 11.7. The normalized spacial score (nSPS) is 17.2. The van der Waals surface area contributed by atoms with E-state index in [9.17, 15) is 0 Å². The summed E-state index contributed by atoms with van der Waals surface area (Å²) >= 11 is 5.83. The van der Waals surface area contributed by atoms with Gasteiger partial charge in [0.2, 0.25) is 0 Å². The van der Waals surface area contributed by atoms with Gasteiger partial charge in [-0.1, -0.05) is 0 Å². The number of nitrogens with one attached hydrogen (secondary N) is 1. The SMILES string of the molecule is ClCCC1(CNc2nccc3occc23)CC1. The number of furan rings is 1. The van der Waals surface area contributed by atoms with Crippen molar-refractivity contribution < 1.29 is 4.42 Å². The highest BCUT2D eigenvalue weighted by Crippen LogP contribution is 2.49. The second kappa shape index (κ2) is 4.22. The lowest BCUT2D eigenvalue weighted by Crippen LogP contribution is -2.16. The first-order valence-corrected chi connectivity index (χ1v) is 6.49. The number of aromatic nitrogens is 1. The van der Waals surface area contributed by atoms with Crippen LogP contribution in [0.4, 0.5) is 5.82 Å². The molecule has 90 valence electrons. The van der Waals surface area contributed by atoms with E-state index in [1.165, 1.54) is 12.8 Å². The Balaban J connectivity index is 1.75. The summed E-state index contributed by atoms with van der Waals surface area (Å²) < 4.78 is 5.35. The van der Waals surface area contributed by atoms with Crippen molar-refractivity contribution >= 4 is 28.4 Å². The minimum Gasteiger partial charge on any atom is -0.464 e. The van der Waals surface area contributed by atoms with Crippen LogP contribution in [-0.2, 0) is 0 Å². The fourth-order valence-electron chi connectivity index (χ4n) is 2.20. The number of pyridine rings is 1. The molecule has 2 heterocycles. The maximum atomic E-state index is 5.83. The third kappa shape index (κ3) is 2.12. The lowest BCUT2D eigenvalue weighted by molar-refractivity contribution is 0.524. The first-order chi connectivity index (χ1) is 8.33. The molecule has 1 fully saturated rings. The van der Waals surface area contributed by atoms with Crippen LogP contribution in [0.5, 0.6) is 0 Å². The van der Waals surface area contributed by atoms with E-state index in [4.69, 9.17) is 16.0 Å². The number of anilines is 1. The van der Waals surface area contributed by atoms with Gasteiger partial charge in [-0.25, -0.2) is 4.98 Å². The maximum absolute atomic E-state index is 5.83. The number of nitrogens with zero attached hydrogens (tertiary/aromatic N) is 1. The lowest BCUT2D eigenvalue weighted by Gasteiger charge is -2.15. The van der Waals surface area contributed by atoms with E-state index >= 15 is 0 Å². The van der Waals surface area contributed by atoms with Gasteiger partial charge in [-0.2, -0.15) is 0 Å². The van der Waals surface area contributed by atoms with Gasteiger partial charge in [0.1, 0.15) is 11.4 Å². The van der Waals surface area contributed by atoms with Crippen LogP contribution in [0, 0.1) is 5.41 Å². The molecule has 0 unspecified atom stereocenters. The Bertz CT molecular complexity index is 519. The summed E-state index contributed by atoms with van der Waals surface area (Å²) in [6, 6.07) is 3.83. The number of rotatable bonds is 5. The molecule has 2 aromatic rings. The highest BCUT2D eigenvalue weighted by Gasteiger charge is 2.41. The standard InChI is InChI=1S/C13H15ClN2O/c14-6-5-13(3-4-13)9-16-12-10-2-8-17-11(10)1-7-15-12/h1-2,7-8H,3-6,9H2,(H,15,16). The molecule has 1 aliphatic carbocycles. The van der Waals surface area contributed by atoms with Crippen LogP contribution in [0.1, 0.15) is 19.3 Å². The van der Waals surface area contributed by atoms with E-state index < -0.39 is 0 Å². The zero-order valence-electron chi connectivity index (χ0n) is 9.58. The first kappa shape index (κ1) is 10.9. The van der Waals surface area contributed by atoms with Crippen molar-refractivity contribution in [3.8, 4) is 0 Å². The number of alkyl halides is 1. The van der Waals surface area contributed by atoms with Gasteiger partial charge in [0, 0.05) is 18.6 Å². The Kier molecular flexibility index (Phi) is 2.71. The summed E-state index contributed by atoms with van der Waals surface area (Å²) in [6.45, 7) is 0.955. The van der Waals surface area contributed by atoms with E-state index in [0.29, 0.717) is 5.41 Å². The number of halogens is 1. The summed E-state index contributed by atoms with van der Waals surface area (Å²) in [7, 11) is 0. The molecule has 4 heteroatoms. The average molecular weight is 251 g/mol. The van der Waals surface area contributed by atoms with Crippen LogP contribution < -0.4 is 5.32 Å². The molecule has 3 nitrogen and oxygen atoms in total. The maximum Gasteiger partial charge on any atom is 0.139 e. The second-order valence-corrected chi connectivity index (χ2v) is 5.16. The highest BCUT2D eigenvalue weighted by molar-refractivity contribution is 6.17. The summed E-state index contributed by atoms with van der Waals surface area (Å²) in [6.07, 6.45) is 7.10. The molecule has 1 N–H and O–H groups in total. The average Bonchev–Trinajstić information content (AvgIpc) is 2.92. The quantitative estimate of drug-likeness (QED) is 0.824. The second-order valence-electron chi connectivity index (χ2n) is 4.78. The van der Waals surface area contributed by atoms with Gasteiger partial charge in [0.15, 0.2) is 0 Å². The van der Waals surface area contributed by atoms with Gasteiger partial charge in [-0.05, 0) is 36.8 Å². The first-order valence-electron chi connectivity index (χ1n) is 5.95. The highest BCUT2D eigenvalue weighted by atomic mass is 35.5. The Morgan fingerprint density at radius 3 is 3.06 bits per heavy atom. The fraction of sp³-hybridized carbons (Fsp3) is 0.462. The summed E-state index contributed by atoms with van der Waals surface area (Å²) in [5, 5.41) is 4.48. The van der Waals surface area contributed by atoms with Gasteiger partial charge in [0.25, 0.3) is 0 Å². The number of fused-ring (bicyclic) bond motifs is 1. The molecular weight excluding hydrogens is 236 g/mol. The van der Waals surface area contributed by atoms with Crippen molar-refractivity contribution in [1.29, 1.82) is 0 Å². The summed E-state index contributed by atoms with van der Waals surface area (Å²) in [5.74, 6) is 1.66. The minimum atomic E-state index is 0.412. The van der Waals surface area contributed by atoms with Gasteiger partial charge in [0.05, 0.1) is 11.6 Å². The molecule has 0 atom stereocenters. The van der Waals surface area contributed by atoms with Crippen molar-refractivity contribution in [2.24, 2.45) is 5.41 Å². The van der Waals surface area contributed by atoms with Gasteiger partial charge in [-0.3, -0.25) is 0 Å². The third-order valence-electron chi connectivity index (χ3n) is 3.59. The molecule has 0 bridgehead atoms. The Labute approximate surface area is 105 Å². The van der Waals surface area contributed by atoms with Crippen LogP contribution in [-0.4, -0.2) is 17.4 Å². The van der Waals surface area contributed by atoms with Gasteiger partial charge >= 0.3 is 0 Å². The molecule has 0 saturated heterocycles. The Morgan fingerprint density at radius 1 is 1.41 bits per heavy atom. The van der Waals surface area contributed by atoms with Crippen molar-refractivity contribution in [3.63, 3.8) is 0 Å². The molecule has 3 rings (SSSR count). The molecule has 0 radical (unpaired) electrons. The lowest BCUT2D eigenvalue weighted by atomic mass is 10.0. The molecule has 0 aromatic carbocycles. The summed E-state index contributed by atoms with van der Waals surface area (Å²) in [5.41, 5.74) is 1.29. The van der Waals surface area contributed by atoms with E-state index in [-0.39, 0.29) is 0 Å². The van der Waals surface area contributed by atoms with Gasteiger partial charge in [-0.15, -0.1) is 11.6 Å². The monoisotopic (exact) mass is 250 g/mol. The fourth-order valence-corrected chi connectivity index (χ4v) is 2.60. The molecular formula is C13H15ClN2O. The van der Waals surface area contributed by atoms with E-state index in [1.807, 2.05) is 12.1 Å². The van der Waals surface area contributed by atoms with E-state index in [1.54, 1.807) is 12.5 Å². The van der Waals surface area contributed by atoms with Crippen molar-refractivity contribution in [2.75, 3.05) is 17.7 Å². The largest absolute Gasteiger partial charge is 0.464 e. The number of hydrogen-bond acceptors (Lipinski definition) is 3. The molecule has 0 aliphatic heterocycles. The number of hydrogen-bond donors (Lipinski definition) is 1. The van der Waals surface area contributed by atoms with Crippen molar-refractivity contribution in [2.45, 2.75) is 19.3 Å². The molecule has 17 heavy (non-hydrogen) atoms. The van der Waals surface area contributed by atoms with Crippen LogP contribution in [0.15, 0.2) is 29.0 Å². The van der Waals surface area contributed by atoms with Crippen LogP contribution in [0.2, 0.25) is 0 Å². The molecule has 1 aliphatic rings. The van der Waals surface area contributed by atoms with Crippen molar-refractivity contribution in [3.05, 3.63) is 24.6 Å². The van der Waals surface area contributed by atoms with E-state index in [2.05, 4.69) is 10.3 Å². The molecule has 0 amide bonds. The molecule has 0 spiro atoms. The third-order valence-corrected chi connectivity index (χ3v) is 3.78. The van der Waals surface area contributed by atoms with Gasteiger partial charge < -0.3 is 9.73 Å². The topological polar surface area (TPSA) is 38.1 Å². The minimum absolute atomic E-state index is 0.412. The van der Waals surface area contributed by atoms with E-state index in [0.717, 1.165) is 35.6 Å². The van der Waals surface area contributed by atoms with Crippen molar-refractivity contribution in [1.82, 2.24) is 4.98 Å². The molecule has 2 aromatic heterocycles. The Morgan fingerprint density at radius 2 is 2.29 bits per heavy atom. The Hall–Kier alpha value is -1.22. The predicted molar refractivity (Wildman–Crippen MR) is 69.5 cm³/mol. The van der Waals surface area contributed by atoms with Crippen LogP contribution in [0.3, 0.4) is 0 Å². The smallest absolute Gasteiger partial charge is 0.139 e. The predicted octanol–water partition coefficient (Wildman–Crippen LogP) is 3.65. The zero-order valence-corrected chi connectivity index (χ0v) is 10.3. The van der Waals surface area contributed by atoms with Crippen LogP contribution >= 0.6 is 11.6 Å².